The second-order valence-corrected chi connectivity index (χ2v) is 5.27. The van der Waals surface area contributed by atoms with E-state index in [-0.39, 0.29) is 12.6 Å². The highest BCUT2D eigenvalue weighted by molar-refractivity contribution is 5.84. The smallest absolute Gasteiger partial charge is 0.505 e. The molecule has 0 aromatic heterocycles. The number of aromatic hydroxyl groups is 1. The van der Waals surface area contributed by atoms with E-state index in [0.717, 1.165) is 0 Å². The van der Waals surface area contributed by atoms with Gasteiger partial charge in [0.05, 0.1) is 12.6 Å². The SMILES string of the molecule is CC1c2cc(O)ccc2-c2ccccc2N1C.CCOC(=O)O. The van der Waals surface area contributed by atoms with Gasteiger partial charge in [0.15, 0.2) is 0 Å². The molecule has 5 nitrogen and oxygen atoms in total. The van der Waals surface area contributed by atoms with Crippen LogP contribution in [0.1, 0.15) is 25.5 Å². The van der Waals surface area contributed by atoms with Crippen LogP contribution in [-0.2, 0) is 4.74 Å². The van der Waals surface area contributed by atoms with Gasteiger partial charge in [-0.15, -0.1) is 0 Å². The molecule has 0 saturated heterocycles. The number of para-hydroxylation sites is 1. The summed E-state index contributed by atoms with van der Waals surface area (Å²) in [6.07, 6.45) is -1.21. The van der Waals surface area contributed by atoms with E-state index < -0.39 is 6.16 Å². The summed E-state index contributed by atoms with van der Waals surface area (Å²) >= 11 is 0. The van der Waals surface area contributed by atoms with Crippen LogP contribution < -0.4 is 4.90 Å². The maximum absolute atomic E-state index is 9.62. The summed E-state index contributed by atoms with van der Waals surface area (Å²) in [5.74, 6) is 0.336. The van der Waals surface area contributed by atoms with E-state index in [1.165, 1.54) is 22.4 Å². The molecule has 0 bridgehead atoms. The molecule has 2 N–H and O–H groups in total. The number of benzene rings is 2. The van der Waals surface area contributed by atoms with Crippen LogP contribution in [-0.4, -0.2) is 30.0 Å². The maximum atomic E-state index is 9.62. The Morgan fingerprint density at radius 3 is 2.52 bits per heavy atom. The zero-order valence-electron chi connectivity index (χ0n) is 13.5. The van der Waals surface area contributed by atoms with Crippen LogP contribution in [0.3, 0.4) is 0 Å². The minimum absolute atomic E-state index is 0.231. The van der Waals surface area contributed by atoms with Crippen LogP contribution in [0.2, 0.25) is 0 Å². The van der Waals surface area contributed by atoms with Gasteiger partial charge in [0, 0.05) is 18.3 Å². The number of rotatable bonds is 1. The van der Waals surface area contributed by atoms with Crippen molar-refractivity contribution in [3.63, 3.8) is 0 Å². The van der Waals surface area contributed by atoms with Gasteiger partial charge in [-0.1, -0.05) is 24.3 Å². The Morgan fingerprint density at radius 1 is 1.22 bits per heavy atom. The largest absolute Gasteiger partial charge is 0.508 e. The van der Waals surface area contributed by atoms with Crippen molar-refractivity contribution in [3.8, 4) is 16.9 Å². The van der Waals surface area contributed by atoms with Crippen molar-refractivity contribution < 1.29 is 19.7 Å². The van der Waals surface area contributed by atoms with Gasteiger partial charge in [-0.05, 0) is 43.2 Å². The first kappa shape index (κ1) is 16.7. The van der Waals surface area contributed by atoms with Crippen molar-refractivity contribution in [1.29, 1.82) is 0 Å². The third-order valence-corrected chi connectivity index (χ3v) is 3.91. The number of hydrogen-bond acceptors (Lipinski definition) is 4. The Bertz CT molecular complexity index is 699. The molecule has 5 heteroatoms. The molecule has 2 aromatic rings. The molecule has 0 aliphatic carbocycles. The topological polar surface area (TPSA) is 70.0 Å². The first-order chi connectivity index (χ1) is 11.0. The molecule has 1 aliphatic rings. The molecule has 0 fully saturated rings. The molecule has 0 saturated carbocycles. The van der Waals surface area contributed by atoms with E-state index in [1.54, 1.807) is 13.0 Å². The molecule has 122 valence electrons. The maximum Gasteiger partial charge on any atom is 0.505 e. The first-order valence-electron chi connectivity index (χ1n) is 7.46. The molecule has 0 spiro atoms. The second kappa shape index (κ2) is 7.05. The van der Waals surface area contributed by atoms with Gasteiger partial charge >= 0.3 is 6.16 Å². The van der Waals surface area contributed by atoms with Gasteiger partial charge in [-0.3, -0.25) is 0 Å². The van der Waals surface area contributed by atoms with E-state index >= 15 is 0 Å². The number of hydrogen-bond donors (Lipinski definition) is 2. The van der Waals surface area contributed by atoms with Gasteiger partial charge in [-0.2, -0.15) is 0 Å². The zero-order valence-corrected chi connectivity index (χ0v) is 13.5. The lowest BCUT2D eigenvalue weighted by Gasteiger charge is -2.35. The van der Waals surface area contributed by atoms with Crippen molar-refractivity contribution in [2.45, 2.75) is 19.9 Å². The van der Waals surface area contributed by atoms with Crippen LogP contribution in [0.15, 0.2) is 42.5 Å². The van der Waals surface area contributed by atoms with Crippen molar-refractivity contribution in [2.75, 3.05) is 18.6 Å². The lowest BCUT2D eigenvalue weighted by atomic mass is 9.89. The number of anilines is 1. The highest BCUT2D eigenvalue weighted by Gasteiger charge is 2.25. The van der Waals surface area contributed by atoms with E-state index in [9.17, 15) is 9.90 Å². The van der Waals surface area contributed by atoms with Crippen LogP contribution in [0.5, 0.6) is 5.75 Å². The highest BCUT2D eigenvalue weighted by atomic mass is 16.7. The van der Waals surface area contributed by atoms with E-state index in [1.807, 2.05) is 12.1 Å². The molecule has 1 heterocycles. The fourth-order valence-electron chi connectivity index (χ4n) is 2.69. The molecule has 1 aliphatic heterocycles. The molecular formula is C18H21NO4. The summed E-state index contributed by atoms with van der Waals surface area (Å²) in [5.41, 5.74) is 4.90. The summed E-state index contributed by atoms with van der Waals surface area (Å²) in [6, 6.07) is 14.3. The predicted molar refractivity (Wildman–Crippen MR) is 90.0 cm³/mol. The monoisotopic (exact) mass is 315 g/mol. The Morgan fingerprint density at radius 2 is 1.91 bits per heavy atom. The minimum atomic E-state index is -1.21. The standard InChI is InChI=1S/C15H15NO.C3H6O3/c1-10-14-9-11(17)7-8-12(14)13-5-3-4-6-15(13)16(10)2;1-2-6-3(4)5/h3-10,17H,1-2H3;2H2,1H3,(H,4,5). The predicted octanol–water partition coefficient (Wildman–Crippen LogP) is 4.27. The summed E-state index contributed by atoms with van der Waals surface area (Å²) in [6.45, 7) is 4.01. The highest BCUT2D eigenvalue weighted by Crippen LogP contribution is 2.44. The fraction of sp³-hybridized carbons (Fsp3) is 0.278. The first-order valence-corrected chi connectivity index (χ1v) is 7.46. The Labute approximate surface area is 135 Å². The van der Waals surface area contributed by atoms with Crippen molar-refractivity contribution in [2.24, 2.45) is 0 Å². The molecule has 23 heavy (non-hydrogen) atoms. The summed E-state index contributed by atoms with van der Waals surface area (Å²) in [7, 11) is 2.09. The molecule has 0 amide bonds. The van der Waals surface area contributed by atoms with Crippen molar-refractivity contribution in [1.82, 2.24) is 0 Å². The number of carbonyl (C=O) groups is 1. The Kier molecular flexibility index (Phi) is 5.11. The van der Waals surface area contributed by atoms with Gasteiger partial charge in [0.2, 0.25) is 0 Å². The molecule has 1 atom stereocenters. The average Bonchev–Trinajstić information content (AvgIpc) is 2.53. The minimum Gasteiger partial charge on any atom is -0.508 e. The van der Waals surface area contributed by atoms with Crippen molar-refractivity contribution in [3.05, 3.63) is 48.0 Å². The Balaban J connectivity index is 0.000000277. The van der Waals surface area contributed by atoms with E-state index in [4.69, 9.17) is 5.11 Å². The third kappa shape index (κ3) is 3.56. The van der Waals surface area contributed by atoms with Gasteiger partial charge in [0.25, 0.3) is 0 Å². The second-order valence-electron chi connectivity index (χ2n) is 5.27. The van der Waals surface area contributed by atoms with Crippen LogP contribution in [0.4, 0.5) is 10.5 Å². The normalized spacial score (nSPS) is 14.9. The Hall–Kier alpha value is -2.69. The third-order valence-electron chi connectivity index (χ3n) is 3.91. The fourth-order valence-corrected chi connectivity index (χ4v) is 2.69. The lowest BCUT2D eigenvalue weighted by Crippen LogP contribution is -2.25. The number of fused-ring (bicyclic) bond motifs is 3. The number of phenols is 1. The molecular weight excluding hydrogens is 294 g/mol. The lowest BCUT2D eigenvalue weighted by molar-refractivity contribution is 0.0966. The number of nitrogens with zero attached hydrogens (tertiary/aromatic N) is 1. The quantitative estimate of drug-likeness (QED) is 0.769. The number of phenolic OH excluding ortho intramolecular Hbond substituents is 1. The summed E-state index contributed by atoms with van der Waals surface area (Å²) in [5, 5.41) is 17.3. The van der Waals surface area contributed by atoms with E-state index in [0.29, 0.717) is 5.75 Å². The summed E-state index contributed by atoms with van der Waals surface area (Å²) in [4.78, 5) is 11.6. The van der Waals surface area contributed by atoms with Crippen LogP contribution in [0.25, 0.3) is 11.1 Å². The molecule has 1 unspecified atom stereocenters. The molecule has 2 aromatic carbocycles. The molecule has 0 radical (unpaired) electrons. The van der Waals surface area contributed by atoms with Crippen LogP contribution >= 0.6 is 0 Å². The van der Waals surface area contributed by atoms with Crippen molar-refractivity contribution >= 4 is 11.8 Å². The van der Waals surface area contributed by atoms with Gasteiger partial charge in [0.1, 0.15) is 5.75 Å². The summed E-state index contributed by atoms with van der Waals surface area (Å²) < 4.78 is 3.96. The molecule has 3 rings (SSSR count). The zero-order chi connectivity index (χ0) is 17.0. The van der Waals surface area contributed by atoms with Crippen LogP contribution in [0, 0.1) is 0 Å². The number of ether oxygens (including phenoxy) is 1. The number of carboxylic acid groups (broad SMARTS) is 1. The van der Waals surface area contributed by atoms with Gasteiger partial charge < -0.3 is 19.8 Å². The average molecular weight is 315 g/mol. The van der Waals surface area contributed by atoms with E-state index in [2.05, 4.69) is 47.9 Å². The van der Waals surface area contributed by atoms with Gasteiger partial charge in [-0.25, -0.2) is 4.79 Å².